The molecule has 0 aromatic heterocycles. The number of rotatable bonds is 10. The highest BCUT2D eigenvalue weighted by Crippen LogP contribution is 2.25. The molecule has 0 saturated heterocycles. The molecule has 0 heterocycles. The minimum atomic E-state index is -1.82. The van der Waals surface area contributed by atoms with Crippen molar-refractivity contribution in [1.82, 2.24) is 0 Å². The van der Waals surface area contributed by atoms with Gasteiger partial charge in [-0.3, -0.25) is 28.8 Å². The molecular formula is C16H21ClO10. The number of hydrogen-bond acceptors (Lipinski definition) is 10. The predicted octanol–water partition coefficient (Wildman–Crippen LogP) is 0.315. The van der Waals surface area contributed by atoms with Crippen LogP contribution in [0.1, 0.15) is 34.6 Å². The zero-order valence-corrected chi connectivity index (χ0v) is 16.2. The molecule has 11 heteroatoms. The van der Waals surface area contributed by atoms with Crippen LogP contribution >= 0.6 is 11.6 Å². The van der Waals surface area contributed by atoms with Crippen molar-refractivity contribution in [3.8, 4) is 0 Å². The second-order valence-electron chi connectivity index (χ2n) is 5.50. The zero-order chi connectivity index (χ0) is 21.3. The summed E-state index contributed by atoms with van der Waals surface area (Å²) in [4.78, 5) is 69.2. The van der Waals surface area contributed by atoms with Gasteiger partial charge in [-0.1, -0.05) is 0 Å². The fourth-order valence-corrected chi connectivity index (χ4v) is 2.42. The third-order valence-electron chi connectivity index (χ3n) is 3.10. The van der Waals surface area contributed by atoms with Crippen LogP contribution in [0.15, 0.2) is 0 Å². The van der Waals surface area contributed by atoms with Crippen molar-refractivity contribution < 1.29 is 47.7 Å². The molecule has 0 N–H and O–H groups in total. The van der Waals surface area contributed by atoms with Gasteiger partial charge in [0.15, 0.2) is 18.3 Å². The van der Waals surface area contributed by atoms with Crippen molar-refractivity contribution in [2.75, 3.05) is 6.61 Å². The quantitative estimate of drug-likeness (QED) is 0.282. The van der Waals surface area contributed by atoms with Gasteiger partial charge in [0, 0.05) is 27.7 Å². The third-order valence-corrected chi connectivity index (χ3v) is 3.32. The van der Waals surface area contributed by atoms with Crippen molar-refractivity contribution in [2.24, 2.45) is 5.92 Å². The van der Waals surface area contributed by atoms with Crippen LogP contribution in [0.2, 0.25) is 0 Å². The number of ketones is 1. The summed E-state index contributed by atoms with van der Waals surface area (Å²) in [6, 6.07) is 0. The lowest BCUT2D eigenvalue weighted by Crippen LogP contribution is -2.51. The molecule has 0 aliphatic heterocycles. The molecule has 0 spiro atoms. The number of hydrogen-bond donors (Lipinski definition) is 0. The molecule has 0 rings (SSSR count). The van der Waals surface area contributed by atoms with Crippen molar-refractivity contribution in [1.29, 1.82) is 0 Å². The van der Waals surface area contributed by atoms with Crippen LogP contribution in [0.3, 0.4) is 0 Å². The normalized spacial score (nSPS) is 14.7. The van der Waals surface area contributed by atoms with Crippen molar-refractivity contribution in [3.05, 3.63) is 0 Å². The Balaban J connectivity index is 6.13. The molecule has 4 atom stereocenters. The minimum absolute atomic E-state index is 0.583. The first-order valence-corrected chi connectivity index (χ1v) is 8.09. The van der Waals surface area contributed by atoms with Crippen LogP contribution in [0.5, 0.6) is 0 Å². The molecule has 0 saturated carbocycles. The minimum Gasteiger partial charge on any atom is -0.462 e. The topological polar surface area (TPSA) is 139 Å². The van der Waals surface area contributed by atoms with Crippen LogP contribution in [0.4, 0.5) is 0 Å². The van der Waals surface area contributed by atoms with Gasteiger partial charge in [-0.15, -0.1) is 0 Å². The van der Waals surface area contributed by atoms with Crippen LogP contribution in [-0.4, -0.2) is 59.8 Å². The summed E-state index contributed by atoms with van der Waals surface area (Å²) in [6.45, 7) is 4.55. The SMILES string of the molecule is CC(=O)OC[C@@H](OC(C)=O)[C@@H](OC(C)=O)[C@H](C(C)=O)[C@@H](OC(C)=O)C(=O)Cl. The second-order valence-corrected chi connectivity index (χ2v) is 5.87. The van der Waals surface area contributed by atoms with E-state index in [1.54, 1.807) is 0 Å². The molecule has 152 valence electrons. The lowest BCUT2D eigenvalue weighted by atomic mass is 9.88. The molecule has 0 unspecified atom stereocenters. The monoisotopic (exact) mass is 408 g/mol. The van der Waals surface area contributed by atoms with Gasteiger partial charge in [-0.05, 0) is 18.5 Å². The van der Waals surface area contributed by atoms with E-state index >= 15 is 0 Å². The van der Waals surface area contributed by atoms with Gasteiger partial charge in [-0.25, -0.2) is 0 Å². The molecule has 0 fully saturated rings. The highest BCUT2D eigenvalue weighted by Gasteiger charge is 2.46. The number of ether oxygens (including phenoxy) is 4. The molecule has 0 bridgehead atoms. The molecule has 10 nitrogen and oxygen atoms in total. The summed E-state index contributed by atoms with van der Waals surface area (Å²) in [6.07, 6.45) is -4.89. The average molecular weight is 409 g/mol. The maximum atomic E-state index is 12.2. The molecule has 27 heavy (non-hydrogen) atoms. The van der Waals surface area contributed by atoms with Crippen molar-refractivity contribution in [2.45, 2.75) is 52.9 Å². The van der Waals surface area contributed by atoms with Gasteiger partial charge in [0.2, 0.25) is 0 Å². The smallest absolute Gasteiger partial charge is 0.303 e. The fourth-order valence-electron chi connectivity index (χ4n) is 2.24. The van der Waals surface area contributed by atoms with Crippen LogP contribution in [0, 0.1) is 5.92 Å². The maximum absolute atomic E-state index is 12.2. The summed E-state index contributed by atoms with van der Waals surface area (Å²) in [5, 5.41) is -1.21. The first-order valence-electron chi connectivity index (χ1n) is 7.71. The van der Waals surface area contributed by atoms with Crippen LogP contribution < -0.4 is 0 Å². The lowest BCUT2D eigenvalue weighted by molar-refractivity contribution is -0.185. The molecule has 0 aliphatic carbocycles. The summed E-state index contributed by atoms with van der Waals surface area (Å²) in [7, 11) is 0. The van der Waals surface area contributed by atoms with Crippen molar-refractivity contribution in [3.63, 3.8) is 0 Å². The zero-order valence-electron chi connectivity index (χ0n) is 15.5. The molecule has 0 aromatic carbocycles. The largest absolute Gasteiger partial charge is 0.462 e. The molecule has 0 aliphatic rings. The van der Waals surface area contributed by atoms with E-state index in [-0.39, 0.29) is 0 Å². The van der Waals surface area contributed by atoms with Gasteiger partial charge in [0.05, 0.1) is 0 Å². The van der Waals surface area contributed by atoms with Crippen LogP contribution in [0.25, 0.3) is 0 Å². The summed E-state index contributed by atoms with van der Waals surface area (Å²) in [5.74, 6) is -5.75. The Hall–Kier alpha value is -2.49. The Morgan fingerprint density at radius 2 is 1.22 bits per heavy atom. The number of carbonyl (C=O) groups is 6. The van der Waals surface area contributed by atoms with E-state index in [9.17, 15) is 28.8 Å². The highest BCUT2D eigenvalue weighted by molar-refractivity contribution is 6.64. The molecule has 0 radical (unpaired) electrons. The first-order chi connectivity index (χ1) is 12.4. The van der Waals surface area contributed by atoms with Gasteiger partial charge < -0.3 is 18.9 Å². The van der Waals surface area contributed by atoms with E-state index in [0.29, 0.717) is 0 Å². The number of Topliss-reactive ketones (excluding diaryl/α,β-unsaturated/α-hetero) is 1. The van der Waals surface area contributed by atoms with Crippen molar-refractivity contribution >= 4 is 46.5 Å². The number of carbonyl (C=O) groups excluding carboxylic acids is 6. The Morgan fingerprint density at radius 3 is 1.56 bits per heavy atom. The van der Waals surface area contributed by atoms with Gasteiger partial charge >= 0.3 is 23.9 Å². The van der Waals surface area contributed by atoms with E-state index in [1.165, 1.54) is 0 Å². The summed E-state index contributed by atoms with van der Waals surface area (Å²) < 4.78 is 19.6. The highest BCUT2D eigenvalue weighted by atomic mass is 35.5. The Kier molecular flexibility index (Phi) is 10.2. The summed E-state index contributed by atoms with van der Waals surface area (Å²) in [5.41, 5.74) is 0. The lowest BCUT2D eigenvalue weighted by Gasteiger charge is -2.33. The molecule has 0 aromatic rings. The maximum Gasteiger partial charge on any atom is 0.303 e. The van der Waals surface area contributed by atoms with Gasteiger partial charge in [0.1, 0.15) is 18.3 Å². The second kappa shape index (κ2) is 11.3. The van der Waals surface area contributed by atoms with Gasteiger partial charge in [0.25, 0.3) is 5.24 Å². The van der Waals surface area contributed by atoms with Crippen LogP contribution in [-0.2, 0) is 47.7 Å². The van der Waals surface area contributed by atoms with E-state index in [0.717, 1.165) is 34.6 Å². The Morgan fingerprint density at radius 1 is 0.741 bits per heavy atom. The number of esters is 4. The predicted molar refractivity (Wildman–Crippen MR) is 88.3 cm³/mol. The standard InChI is InChI=1S/C16H21ClO10/c1-7(18)13(15(16(17)23)27-11(5)22)14(26-10(4)21)12(25-9(3)20)6-24-8(2)19/h12-15H,6H2,1-5H3/t12-,13+,14-,15-/m1/s1. The summed E-state index contributed by atoms with van der Waals surface area (Å²) >= 11 is 5.44. The molecular weight excluding hydrogens is 388 g/mol. The Labute approximate surface area is 160 Å². The van der Waals surface area contributed by atoms with E-state index in [1.807, 2.05) is 0 Å². The third kappa shape index (κ3) is 9.13. The first kappa shape index (κ1) is 24.5. The van der Waals surface area contributed by atoms with E-state index in [4.69, 9.17) is 30.5 Å². The van der Waals surface area contributed by atoms with E-state index < -0.39 is 65.7 Å². The average Bonchev–Trinajstić information content (AvgIpc) is 2.48. The number of halogens is 1. The van der Waals surface area contributed by atoms with E-state index in [2.05, 4.69) is 0 Å². The Bertz CT molecular complexity index is 614. The fraction of sp³-hybridized carbons (Fsp3) is 0.625. The van der Waals surface area contributed by atoms with Gasteiger partial charge in [-0.2, -0.15) is 0 Å². The molecule has 0 amide bonds.